The highest BCUT2D eigenvalue weighted by Crippen LogP contribution is 2.62. The van der Waals surface area contributed by atoms with Gasteiger partial charge in [-0.05, 0) is 18.2 Å². The summed E-state index contributed by atoms with van der Waals surface area (Å²) in [6.45, 7) is -1.83. The molecule has 0 amide bonds. The molecule has 6 N–H and O–H groups in total. The van der Waals surface area contributed by atoms with Crippen LogP contribution in [0.2, 0.25) is 0 Å². The number of nitrogens with zero attached hydrogens (tertiary/aromatic N) is 3. The first-order chi connectivity index (χ1) is 32.2. The van der Waals surface area contributed by atoms with Crippen LogP contribution in [0.15, 0.2) is 10.9 Å². The lowest BCUT2D eigenvalue weighted by Gasteiger charge is -2.45. The highest BCUT2D eigenvalue weighted by molar-refractivity contribution is 8.08. The van der Waals surface area contributed by atoms with Crippen molar-refractivity contribution in [3.05, 3.63) is 12.0 Å². The number of hydrogen-bond donors (Lipinski definition) is 5. The molecule has 23 nitrogen and oxygen atoms in total. The van der Waals surface area contributed by atoms with Crippen molar-refractivity contribution in [3.63, 3.8) is 0 Å². The van der Waals surface area contributed by atoms with Gasteiger partial charge < -0.3 is 63.2 Å². The third-order valence-corrected chi connectivity index (χ3v) is 14.5. The average Bonchev–Trinajstić information content (AvgIpc) is 3.81. The molecule has 2 aliphatic rings. The lowest BCUT2D eigenvalue weighted by atomic mass is 9.95. The van der Waals surface area contributed by atoms with Crippen molar-refractivity contribution in [3.8, 4) is 0 Å². The number of alkyl halides is 1. The molecule has 2 aromatic heterocycles. The van der Waals surface area contributed by atoms with Gasteiger partial charge in [-0.25, -0.2) is 23.2 Å². The molecule has 2 fully saturated rings. The highest BCUT2D eigenvalue weighted by atomic mass is 32.5. The van der Waals surface area contributed by atoms with Gasteiger partial charge in [0, 0.05) is 27.2 Å². The molecule has 2 saturated heterocycles. The van der Waals surface area contributed by atoms with Crippen molar-refractivity contribution in [2.75, 3.05) is 18.9 Å². The van der Waals surface area contributed by atoms with Crippen LogP contribution in [-0.4, -0.2) is 127 Å². The summed E-state index contributed by atoms with van der Waals surface area (Å²) in [5.74, 6) is -4.05. The van der Waals surface area contributed by atoms with Crippen molar-refractivity contribution >= 4 is 67.1 Å². The molecule has 0 spiro atoms. The van der Waals surface area contributed by atoms with E-state index in [1.54, 1.807) is 0 Å². The van der Waals surface area contributed by atoms with Gasteiger partial charge >= 0.3 is 38.4 Å². The first-order valence-electron chi connectivity index (χ1n) is 22.8. The van der Waals surface area contributed by atoms with E-state index < -0.39 is 113 Å². The van der Waals surface area contributed by atoms with Crippen LogP contribution in [0.5, 0.6) is 0 Å². The number of aliphatic hydroxyl groups is 2. The number of fused-ring (bicyclic) bond motifs is 1. The first-order valence-corrected chi connectivity index (χ1v) is 26.9. The van der Waals surface area contributed by atoms with Crippen LogP contribution in [0, 0.1) is 0 Å². The summed E-state index contributed by atoms with van der Waals surface area (Å²) >= 11 is 4.90. The zero-order valence-electron chi connectivity index (χ0n) is 38.6. The number of phosphoric ester groups is 1. The predicted molar refractivity (Wildman–Crippen MR) is 239 cm³/mol. The number of rotatable bonds is 30. The third-order valence-electron chi connectivity index (χ3n) is 11.0. The number of aromatic nitrogens is 3. The summed E-state index contributed by atoms with van der Waals surface area (Å²) in [5.41, 5.74) is 5.73. The Labute approximate surface area is 398 Å². The molecule has 4 rings (SSSR count). The molecular formula is C41H65FN4O19P2S. The summed E-state index contributed by atoms with van der Waals surface area (Å²) < 4.78 is 82.0. The summed E-state index contributed by atoms with van der Waals surface area (Å²) in [7, 11) is -5.77. The van der Waals surface area contributed by atoms with Crippen molar-refractivity contribution < 1.29 is 94.4 Å². The Morgan fingerprint density at radius 1 is 0.809 bits per heavy atom. The van der Waals surface area contributed by atoms with Gasteiger partial charge in [0.25, 0.3) is 0 Å². The smallest absolute Gasteiger partial charge is 0.462 e. The van der Waals surface area contributed by atoms with Crippen molar-refractivity contribution in [1.29, 1.82) is 0 Å². The Morgan fingerprint density at radius 3 is 1.93 bits per heavy atom. The number of ether oxygens (including phenoxy) is 6. The van der Waals surface area contributed by atoms with Gasteiger partial charge in [-0.15, -0.1) is 0 Å². The summed E-state index contributed by atoms with van der Waals surface area (Å²) in [5, 5.41) is 25.2. The summed E-state index contributed by atoms with van der Waals surface area (Å²) in [6.07, 6.45) is -1.15. The maximum atomic E-state index is 16.2. The van der Waals surface area contributed by atoms with E-state index in [-0.39, 0.29) is 29.0 Å². The van der Waals surface area contributed by atoms with Crippen LogP contribution < -0.4 is 5.73 Å². The molecule has 386 valence electrons. The number of nitrogens with two attached hydrogens (primary N) is 1. The highest BCUT2D eigenvalue weighted by Gasteiger charge is 2.57. The molecular weight excluding hydrogens is 965 g/mol. The second-order valence-electron chi connectivity index (χ2n) is 16.6. The first kappa shape index (κ1) is 57.3. The molecule has 12 atom stereocenters. The Bertz CT molecular complexity index is 2040. The largest absolute Gasteiger partial charge is 0.481 e. The van der Waals surface area contributed by atoms with Gasteiger partial charge in [-0.3, -0.25) is 23.7 Å². The predicted octanol–water partition coefficient (Wildman–Crippen LogP) is 5.39. The number of hydrogen-bond acceptors (Lipinski definition) is 22. The lowest BCUT2D eigenvalue weighted by molar-refractivity contribution is -0.296. The molecule has 2 aromatic rings. The molecule has 5 unspecified atom stereocenters. The van der Waals surface area contributed by atoms with Crippen molar-refractivity contribution in [2.45, 2.75) is 192 Å². The minimum absolute atomic E-state index is 0.0260. The normalized spacial score (nSPS) is 26.1. The number of esters is 4. The van der Waals surface area contributed by atoms with Gasteiger partial charge in [0.1, 0.15) is 54.7 Å². The minimum Gasteiger partial charge on any atom is -0.462 e. The van der Waals surface area contributed by atoms with E-state index in [1.807, 2.05) is 0 Å². The van der Waals surface area contributed by atoms with Crippen LogP contribution in [0.3, 0.4) is 0 Å². The minimum atomic E-state index is -5.77. The maximum Gasteiger partial charge on any atom is 0.481 e. The standard InChI is InChI=1S/C41H65FN4O19P2S/c1-5-6-7-8-9-10-11-12-13-14-15-16-17-18-19-20-29(50)56-21-27(42)34-37(58-24(2)47)38(59-25(3)48)39(60-26(4)49)41(62-34)64-66(53,54)65-67(55,68)57-22-28-32(51)33(52)35(61-28)31-30-36(63-46-31)40(43)45-23-44-30/h23,27-28,32-35,37-39,41,51-52H,5-22H2,1-4H3,(H,53,54)(H,55,68)(H2,43,44,45)/t27-,28+,32-,33?,34?,35-,37+,38?,39+,41-,67?/m0/s1. The second-order valence-corrected chi connectivity index (χ2v) is 21.0. The molecule has 0 aliphatic carbocycles. The fourth-order valence-electron chi connectivity index (χ4n) is 7.73. The number of aliphatic hydroxyl groups excluding tert-OH is 2. The van der Waals surface area contributed by atoms with Crippen LogP contribution in [0.25, 0.3) is 11.1 Å². The van der Waals surface area contributed by atoms with Crippen LogP contribution in [-0.2, 0) is 77.3 Å². The van der Waals surface area contributed by atoms with Crippen molar-refractivity contribution in [1.82, 2.24) is 15.1 Å². The maximum absolute atomic E-state index is 16.2. The Hall–Kier alpha value is -3.32. The molecule has 0 saturated carbocycles. The number of phosphoric acid groups is 1. The average molecular weight is 1030 g/mol. The van der Waals surface area contributed by atoms with Gasteiger partial charge in [-0.2, -0.15) is 0 Å². The van der Waals surface area contributed by atoms with E-state index in [9.17, 15) is 43.7 Å². The van der Waals surface area contributed by atoms with Crippen molar-refractivity contribution in [2.24, 2.45) is 0 Å². The second kappa shape index (κ2) is 27.9. The topological polar surface area (TPSA) is 327 Å². The van der Waals surface area contributed by atoms with E-state index in [4.69, 9.17) is 63.8 Å². The molecule has 0 aromatic carbocycles. The molecule has 68 heavy (non-hydrogen) atoms. The van der Waals surface area contributed by atoms with Gasteiger partial charge in [0.15, 0.2) is 30.3 Å². The third kappa shape index (κ3) is 18.1. The lowest BCUT2D eigenvalue weighted by Crippen LogP contribution is -2.64. The van der Waals surface area contributed by atoms with Gasteiger partial charge in [0.05, 0.1) is 6.61 Å². The number of unbranched alkanes of at least 4 members (excludes halogenated alkanes) is 14. The fourth-order valence-corrected chi connectivity index (χ4v) is 10.8. The van der Waals surface area contributed by atoms with Crippen LogP contribution in [0.1, 0.15) is 142 Å². The Kier molecular flexibility index (Phi) is 23.5. The number of nitrogen functional groups attached to an aromatic ring is 1. The summed E-state index contributed by atoms with van der Waals surface area (Å²) in [4.78, 5) is 78.9. The molecule has 2 aliphatic heterocycles. The number of carbonyl (C=O) groups excluding carboxylic acids is 4. The number of anilines is 1. The van der Waals surface area contributed by atoms with Gasteiger partial charge in [0.2, 0.25) is 11.9 Å². The van der Waals surface area contributed by atoms with E-state index >= 15 is 4.39 Å². The quantitative estimate of drug-likeness (QED) is 0.0283. The van der Waals surface area contributed by atoms with E-state index in [0.717, 1.165) is 59.2 Å². The van der Waals surface area contributed by atoms with E-state index in [1.165, 1.54) is 57.8 Å². The Morgan fingerprint density at radius 2 is 1.35 bits per heavy atom. The molecule has 0 bridgehead atoms. The van der Waals surface area contributed by atoms with Crippen LogP contribution in [0.4, 0.5) is 10.2 Å². The Balaban J connectivity index is 1.34. The molecule has 4 heterocycles. The monoisotopic (exact) mass is 1030 g/mol. The zero-order valence-corrected chi connectivity index (χ0v) is 41.2. The number of halogens is 1. The summed E-state index contributed by atoms with van der Waals surface area (Å²) in [6, 6.07) is 0. The van der Waals surface area contributed by atoms with E-state index in [2.05, 4.69) is 22.0 Å². The molecule has 27 heteroatoms. The number of carbonyl (C=O) groups is 4. The fraction of sp³-hybridized carbons (Fsp3) is 0.780. The zero-order chi connectivity index (χ0) is 50.0. The van der Waals surface area contributed by atoms with E-state index in [0.29, 0.717) is 6.42 Å². The SMILES string of the molecule is CCCCCCCCCCCCCCCCCC(=O)OC[C@H](F)C1O[C@@H](OP(=O)(O)OP(O)(=S)OC[C@H]2O[C@@H](c3noc4c(N)ncnc34)C(O)[C@H]2O)[C@H](OC(C)=O)C(OC(C)=O)[C@@H]1OC(C)=O. The van der Waals surface area contributed by atoms with Crippen LogP contribution >= 0.6 is 14.5 Å². The molecule has 0 radical (unpaired) electrons. The van der Waals surface area contributed by atoms with Gasteiger partial charge in [-0.1, -0.05) is 102 Å².